The predicted molar refractivity (Wildman–Crippen MR) is 62.7 cm³/mol. The van der Waals surface area contributed by atoms with E-state index >= 15 is 0 Å². The van der Waals surface area contributed by atoms with Crippen LogP contribution in [0.3, 0.4) is 0 Å². The molecule has 0 radical (unpaired) electrons. The second kappa shape index (κ2) is 4.78. The predicted octanol–water partition coefficient (Wildman–Crippen LogP) is 3.31. The summed E-state index contributed by atoms with van der Waals surface area (Å²) in [5.41, 5.74) is 6.48. The highest BCUT2D eigenvalue weighted by Crippen LogP contribution is 2.35. The molecular weight excluding hydrogens is 241 g/mol. The molecule has 94 valence electrons. The Morgan fingerprint density at radius 1 is 1.00 bits per heavy atom. The molecule has 2 aromatic rings. The first-order chi connectivity index (χ1) is 8.50. The van der Waals surface area contributed by atoms with Gasteiger partial charge in [0.2, 0.25) is 0 Å². The van der Waals surface area contributed by atoms with E-state index in [4.69, 9.17) is 5.73 Å². The van der Waals surface area contributed by atoms with E-state index in [2.05, 4.69) is 4.98 Å². The minimum Gasteiger partial charge on any atom is -0.316 e. The second-order valence-corrected chi connectivity index (χ2v) is 3.84. The number of alkyl halides is 3. The minimum absolute atomic E-state index is 0.0659. The maximum Gasteiger partial charge on any atom is 0.407 e. The fraction of sp³-hybridized carbons (Fsp3) is 0.154. The Balaban J connectivity index is 2.51. The van der Waals surface area contributed by atoms with E-state index in [1.165, 1.54) is 18.5 Å². The molecule has 0 aliphatic heterocycles. The summed E-state index contributed by atoms with van der Waals surface area (Å²) >= 11 is 0. The minimum atomic E-state index is -4.46. The SMILES string of the molecule is N[C@@H](c1ccccc1-c1ccncc1)C(F)(F)F. The highest BCUT2D eigenvalue weighted by atomic mass is 19.4. The van der Waals surface area contributed by atoms with Gasteiger partial charge in [0, 0.05) is 12.4 Å². The fourth-order valence-corrected chi connectivity index (χ4v) is 1.74. The third-order valence-corrected chi connectivity index (χ3v) is 2.64. The Morgan fingerprint density at radius 2 is 1.61 bits per heavy atom. The summed E-state index contributed by atoms with van der Waals surface area (Å²) in [7, 11) is 0. The maximum absolute atomic E-state index is 12.7. The van der Waals surface area contributed by atoms with Gasteiger partial charge < -0.3 is 5.73 Å². The molecule has 0 spiro atoms. The number of nitrogens with two attached hydrogens (primary N) is 1. The summed E-state index contributed by atoms with van der Waals surface area (Å²) in [5.74, 6) is 0. The summed E-state index contributed by atoms with van der Waals surface area (Å²) in [6.07, 6.45) is -1.39. The number of hydrogen-bond acceptors (Lipinski definition) is 2. The topological polar surface area (TPSA) is 38.9 Å². The van der Waals surface area contributed by atoms with Gasteiger partial charge in [-0.05, 0) is 28.8 Å². The fourth-order valence-electron chi connectivity index (χ4n) is 1.74. The first-order valence-corrected chi connectivity index (χ1v) is 5.32. The Hall–Kier alpha value is -1.88. The quantitative estimate of drug-likeness (QED) is 0.890. The number of halogens is 3. The molecule has 2 rings (SSSR count). The van der Waals surface area contributed by atoms with Gasteiger partial charge in [0.25, 0.3) is 0 Å². The van der Waals surface area contributed by atoms with Crippen LogP contribution in [-0.4, -0.2) is 11.2 Å². The van der Waals surface area contributed by atoms with Crippen LogP contribution < -0.4 is 5.73 Å². The summed E-state index contributed by atoms with van der Waals surface area (Å²) < 4.78 is 38.1. The molecule has 1 heterocycles. The molecular formula is C13H11F3N2. The van der Waals surface area contributed by atoms with Gasteiger partial charge in [0.05, 0.1) is 0 Å². The number of benzene rings is 1. The third-order valence-electron chi connectivity index (χ3n) is 2.64. The Kier molecular flexibility index (Phi) is 3.34. The number of hydrogen-bond donors (Lipinski definition) is 1. The molecule has 0 bridgehead atoms. The number of aromatic nitrogens is 1. The average Bonchev–Trinajstić information content (AvgIpc) is 2.38. The van der Waals surface area contributed by atoms with Gasteiger partial charge in [-0.1, -0.05) is 24.3 Å². The largest absolute Gasteiger partial charge is 0.407 e. The van der Waals surface area contributed by atoms with Crippen LogP contribution in [0.1, 0.15) is 11.6 Å². The van der Waals surface area contributed by atoms with E-state index in [1.54, 1.807) is 30.3 Å². The molecule has 0 saturated heterocycles. The lowest BCUT2D eigenvalue weighted by atomic mass is 9.95. The van der Waals surface area contributed by atoms with E-state index in [0.717, 1.165) is 0 Å². The lowest BCUT2D eigenvalue weighted by molar-refractivity contribution is -0.149. The lowest BCUT2D eigenvalue weighted by Crippen LogP contribution is -2.28. The third kappa shape index (κ3) is 2.51. The van der Waals surface area contributed by atoms with Crippen molar-refractivity contribution < 1.29 is 13.2 Å². The molecule has 0 aliphatic rings. The molecule has 0 aliphatic carbocycles. The van der Waals surface area contributed by atoms with Crippen molar-refractivity contribution in [2.24, 2.45) is 5.73 Å². The zero-order valence-electron chi connectivity index (χ0n) is 9.35. The van der Waals surface area contributed by atoms with Crippen molar-refractivity contribution in [3.8, 4) is 11.1 Å². The van der Waals surface area contributed by atoms with Crippen LogP contribution in [0.25, 0.3) is 11.1 Å². The first-order valence-electron chi connectivity index (χ1n) is 5.32. The molecule has 1 aromatic heterocycles. The van der Waals surface area contributed by atoms with Crippen molar-refractivity contribution in [1.29, 1.82) is 0 Å². The molecule has 1 atom stereocenters. The molecule has 0 fully saturated rings. The van der Waals surface area contributed by atoms with Crippen LogP contribution in [0.15, 0.2) is 48.8 Å². The Bertz CT molecular complexity index is 523. The van der Waals surface area contributed by atoms with Crippen molar-refractivity contribution in [2.45, 2.75) is 12.2 Å². The summed E-state index contributed by atoms with van der Waals surface area (Å²) in [6.45, 7) is 0. The molecule has 1 aromatic carbocycles. The normalized spacial score (nSPS) is 13.3. The van der Waals surface area contributed by atoms with Crippen molar-refractivity contribution in [1.82, 2.24) is 4.98 Å². The van der Waals surface area contributed by atoms with Gasteiger partial charge in [-0.15, -0.1) is 0 Å². The van der Waals surface area contributed by atoms with E-state index in [-0.39, 0.29) is 5.56 Å². The molecule has 0 unspecified atom stereocenters. The zero-order chi connectivity index (χ0) is 13.2. The number of rotatable bonds is 2. The summed E-state index contributed by atoms with van der Waals surface area (Å²) in [5, 5.41) is 0. The van der Waals surface area contributed by atoms with Gasteiger partial charge in [-0.2, -0.15) is 13.2 Å². The summed E-state index contributed by atoms with van der Waals surface area (Å²) in [6, 6.07) is 7.57. The number of pyridine rings is 1. The highest BCUT2D eigenvalue weighted by molar-refractivity contribution is 5.67. The van der Waals surface area contributed by atoms with Crippen LogP contribution in [0.5, 0.6) is 0 Å². The van der Waals surface area contributed by atoms with Crippen molar-refractivity contribution in [2.75, 3.05) is 0 Å². The monoisotopic (exact) mass is 252 g/mol. The van der Waals surface area contributed by atoms with Crippen molar-refractivity contribution >= 4 is 0 Å². The maximum atomic E-state index is 12.7. The van der Waals surface area contributed by atoms with Crippen LogP contribution in [0.2, 0.25) is 0 Å². The summed E-state index contributed by atoms with van der Waals surface area (Å²) in [4.78, 5) is 3.84. The van der Waals surface area contributed by atoms with Gasteiger partial charge in [-0.3, -0.25) is 4.98 Å². The van der Waals surface area contributed by atoms with Crippen LogP contribution >= 0.6 is 0 Å². The van der Waals surface area contributed by atoms with E-state index in [0.29, 0.717) is 11.1 Å². The molecule has 5 heteroatoms. The van der Waals surface area contributed by atoms with Crippen molar-refractivity contribution in [3.05, 3.63) is 54.4 Å². The Morgan fingerprint density at radius 3 is 2.22 bits per heavy atom. The smallest absolute Gasteiger partial charge is 0.316 e. The van der Waals surface area contributed by atoms with Crippen LogP contribution in [-0.2, 0) is 0 Å². The second-order valence-electron chi connectivity index (χ2n) is 3.84. The average molecular weight is 252 g/mol. The van der Waals surface area contributed by atoms with Crippen LogP contribution in [0.4, 0.5) is 13.2 Å². The van der Waals surface area contributed by atoms with E-state index in [1.807, 2.05) is 0 Å². The van der Waals surface area contributed by atoms with Gasteiger partial charge >= 0.3 is 6.18 Å². The molecule has 0 saturated carbocycles. The van der Waals surface area contributed by atoms with Gasteiger partial charge in [0.1, 0.15) is 6.04 Å². The van der Waals surface area contributed by atoms with Gasteiger partial charge in [0.15, 0.2) is 0 Å². The number of nitrogens with zero attached hydrogens (tertiary/aromatic N) is 1. The lowest BCUT2D eigenvalue weighted by Gasteiger charge is -2.19. The highest BCUT2D eigenvalue weighted by Gasteiger charge is 2.38. The van der Waals surface area contributed by atoms with E-state index in [9.17, 15) is 13.2 Å². The zero-order valence-corrected chi connectivity index (χ0v) is 9.35. The Labute approximate surface area is 102 Å². The molecule has 2 N–H and O–H groups in total. The molecule has 2 nitrogen and oxygen atoms in total. The van der Waals surface area contributed by atoms with Crippen molar-refractivity contribution in [3.63, 3.8) is 0 Å². The van der Waals surface area contributed by atoms with E-state index < -0.39 is 12.2 Å². The standard InChI is InChI=1S/C13H11F3N2/c14-13(15,16)12(17)11-4-2-1-3-10(11)9-5-7-18-8-6-9/h1-8,12H,17H2/t12-/m0/s1. The first kappa shape index (κ1) is 12.6. The molecule has 0 amide bonds. The molecule has 18 heavy (non-hydrogen) atoms. The van der Waals surface area contributed by atoms with Gasteiger partial charge in [-0.25, -0.2) is 0 Å². The van der Waals surface area contributed by atoms with Crippen LogP contribution in [0, 0.1) is 0 Å².